The van der Waals surface area contributed by atoms with E-state index < -0.39 is 0 Å². The first-order valence-electron chi connectivity index (χ1n) is 10.0. The molecule has 0 aliphatic carbocycles. The Morgan fingerprint density at radius 2 is 1.57 bits per heavy atom. The fourth-order valence-electron chi connectivity index (χ4n) is 3.16. The van der Waals surface area contributed by atoms with E-state index in [2.05, 4.69) is 20.4 Å². The molecule has 8 heteroatoms. The summed E-state index contributed by atoms with van der Waals surface area (Å²) in [6.07, 6.45) is 0. The number of ether oxygens (including phenoxy) is 1. The second kappa shape index (κ2) is 11.3. The van der Waals surface area contributed by atoms with Gasteiger partial charge in [0.05, 0.1) is 13.1 Å². The number of carbonyl (C=O) groups is 2. The lowest BCUT2D eigenvalue weighted by molar-refractivity contribution is -0.125. The smallest absolute Gasteiger partial charge is 0.243 e. The third kappa shape index (κ3) is 7.46. The third-order valence-corrected chi connectivity index (χ3v) is 4.83. The van der Waals surface area contributed by atoms with Crippen LogP contribution in [0.25, 0.3) is 0 Å². The van der Waals surface area contributed by atoms with E-state index >= 15 is 0 Å². The quantitative estimate of drug-likeness (QED) is 0.652. The van der Waals surface area contributed by atoms with Gasteiger partial charge < -0.3 is 15.4 Å². The molecule has 2 amide bonds. The van der Waals surface area contributed by atoms with Gasteiger partial charge in [0.1, 0.15) is 18.2 Å². The highest BCUT2D eigenvalue weighted by molar-refractivity contribution is 5.94. The van der Waals surface area contributed by atoms with Crippen molar-refractivity contribution in [3.8, 4) is 5.75 Å². The van der Waals surface area contributed by atoms with Gasteiger partial charge in [-0.05, 0) is 36.4 Å². The summed E-state index contributed by atoms with van der Waals surface area (Å²) in [6.45, 7) is 4.95. The number of piperazine rings is 1. The van der Waals surface area contributed by atoms with Crippen LogP contribution in [0.15, 0.2) is 54.6 Å². The zero-order chi connectivity index (χ0) is 21.2. The SMILES string of the molecule is O=C(CN1CCN(CCOc2ccccc2)CC1)NCC(=O)Nc1ccc(F)cc1. The number of nitrogens with one attached hydrogen (secondary N) is 2. The van der Waals surface area contributed by atoms with Crippen LogP contribution in [0, 0.1) is 5.82 Å². The van der Waals surface area contributed by atoms with Crippen molar-refractivity contribution in [2.75, 3.05) is 57.7 Å². The minimum Gasteiger partial charge on any atom is -0.492 e. The van der Waals surface area contributed by atoms with Gasteiger partial charge in [-0.2, -0.15) is 0 Å². The molecule has 0 bridgehead atoms. The zero-order valence-corrected chi connectivity index (χ0v) is 16.9. The Morgan fingerprint density at radius 3 is 2.27 bits per heavy atom. The molecule has 160 valence electrons. The molecule has 3 rings (SSSR count). The molecule has 1 aliphatic rings. The second-order valence-electron chi connectivity index (χ2n) is 7.11. The Balaban J connectivity index is 1.27. The lowest BCUT2D eigenvalue weighted by atomic mass is 10.3. The van der Waals surface area contributed by atoms with Gasteiger partial charge in [-0.1, -0.05) is 18.2 Å². The Morgan fingerprint density at radius 1 is 0.900 bits per heavy atom. The van der Waals surface area contributed by atoms with Crippen molar-refractivity contribution in [2.45, 2.75) is 0 Å². The maximum atomic E-state index is 12.9. The number of halogens is 1. The molecule has 1 fully saturated rings. The monoisotopic (exact) mass is 414 g/mol. The van der Waals surface area contributed by atoms with Gasteiger partial charge in [-0.3, -0.25) is 19.4 Å². The van der Waals surface area contributed by atoms with Gasteiger partial charge in [-0.25, -0.2) is 4.39 Å². The van der Waals surface area contributed by atoms with Crippen LogP contribution < -0.4 is 15.4 Å². The van der Waals surface area contributed by atoms with Crippen LogP contribution in [0.3, 0.4) is 0 Å². The van der Waals surface area contributed by atoms with Crippen LogP contribution in [0.1, 0.15) is 0 Å². The highest BCUT2D eigenvalue weighted by Gasteiger charge is 2.19. The molecule has 1 heterocycles. The number of rotatable bonds is 9. The van der Waals surface area contributed by atoms with E-state index in [0.29, 0.717) is 12.3 Å². The topological polar surface area (TPSA) is 73.9 Å². The summed E-state index contributed by atoms with van der Waals surface area (Å²) in [5, 5.41) is 5.24. The first kappa shape index (κ1) is 21.7. The van der Waals surface area contributed by atoms with Gasteiger partial charge in [0.15, 0.2) is 0 Å². The van der Waals surface area contributed by atoms with Gasteiger partial charge in [-0.15, -0.1) is 0 Å². The van der Waals surface area contributed by atoms with Gasteiger partial charge in [0, 0.05) is 38.4 Å². The maximum Gasteiger partial charge on any atom is 0.243 e. The summed E-state index contributed by atoms with van der Waals surface area (Å²) >= 11 is 0. The van der Waals surface area contributed by atoms with Gasteiger partial charge >= 0.3 is 0 Å². The third-order valence-electron chi connectivity index (χ3n) is 4.83. The maximum absolute atomic E-state index is 12.9. The fraction of sp³-hybridized carbons (Fsp3) is 0.364. The zero-order valence-electron chi connectivity index (χ0n) is 16.9. The van der Waals surface area contributed by atoms with E-state index in [4.69, 9.17) is 4.74 Å². The first-order chi connectivity index (χ1) is 14.6. The van der Waals surface area contributed by atoms with Crippen molar-refractivity contribution >= 4 is 17.5 Å². The van der Waals surface area contributed by atoms with E-state index in [1.54, 1.807) is 0 Å². The lowest BCUT2D eigenvalue weighted by Gasteiger charge is -2.34. The van der Waals surface area contributed by atoms with Crippen LogP contribution in [-0.4, -0.2) is 74.0 Å². The molecule has 2 aromatic rings. The summed E-state index contributed by atoms with van der Waals surface area (Å²) in [4.78, 5) is 28.4. The molecule has 7 nitrogen and oxygen atoms in total. The first-order valence-corrected chi connectivity index (χ1v) is 10.0. The Bertz CT molecular complexity index is 809. The summed E-state index contributed by atoms with van der Waals surface area (Å²) in [5.74, 6) is -0.0373. The van der Waals surface area contributed by atoms with Crippen molar-refractivity contribution in [1.29, 1.82) is 0 Å². The van der Waals surface area contributed by atoms with E-state index in [1.807, 2.05) is 30.3 Å². The number of carbonyl (C=O) groups excluding carboxylic acids is 2. The number of para-hydroxylation sites is 1. The Kier molecular flexibility index (Phi) is 8.17. The van der Waals surface area contributed by atoms with E-state index in [-0.39, 0.29) is 30.7 Å². The van der Waals surface area contributed by atoms with E-state index in [0.717, 1.165) is 38.5 Å². The molecule has 2 aromatic carbocycles. The predicted molar refractivity (Wildman–Crippen MR) is 113 cm³/mol. The number of nitrogens with zero attached hydrogens (tertiary/aromatic N) is 2. The minimum absolute atomic E-state index is 0.118. The van der Waals surface area contributed by atoms with E-state index in [1.165, 1.54) is 24.3 Å². The summed E-state index contributed by atoms with van der Waals surface area (Å²) in [6, 6.07) is 15.2. The van der Waals surface area contributed by atoms with Crippen molar-refractivity contribution in [3.05, 3.63) is 60.4 Å². The van der Waals surface area contributed by atoms with Crippen LogP contribution in [0.5, 0.6) is 5.75 Å². The molecule has 1 saturated heterocycles. The van der Waals surface area contributed by atoms with Crippen LogP contribution in [-0.2, 0) is 9.59 Å². The normalized spacial score (nSPS) is 14.8. The molecule has 2 N–H and O–H groups in total. The number of hydrogen-bond acceptors (Lipinski definition) is 5. The van der Waals surface area contributed by atoms with Crippen molar-refractivity contribution in [1.82, 2.24) is 15.1 Å². The molecule has 0 atom stereocenters. The van der Waals surface area contributed by atoms with Gasteiger partial charge in [0.25, 0.3) is 0 Å². The largest absolute Gasteiger partial charge is 0.492 e. The predicted octanol–water partition coefficient (Wildman–Crippen LogP) is 1.58. The standard InChI is InChI=1S/C22H27FN4O3/c23-18-6-8-19(9-7-18)25-21(28)16-24-22(29)17-27-12-10-26(11-13-27)14-15-30-20-4-2-1-3-5-20/h1-9H,10-17H2,(H,24,29)(H,25,28). The number of anilines is 1. The van der Waals surface area contributed by atoms with Gasteiger partial charge in [0.2, 0.25) is 11.8 Å². The minimum atomic E-state index is -0.370. The summed E-state index contributed by atoms with van der Waals surface area (Å²) in [7, 11) is 0. The molecule has 0 aromatic heterocycles. The molecule has 0 unspecified atom stereocenters. The highest BCUT2D eigenvalue weighted by atomic mass is 19.1. The van der Waals surface area contributed by atoms with Crippen LogP contribution in [0.2, 0.25) is 0 Å². The molecule has 30 heavy (non-hydrogen) atoms. The van der Waals surface area contributed by atoms with Crippen molar-refractivity contribution in [3.63, 3.8) is 0 Å². The molecule has 0 radical (unpaired) electrons. The molecule has 0 spiro atoms. The summed E-state index contributed by atoms with van der Waals surface area (Å²) < 4.78 is 18.6. The molecule has 0 saturated carbocycles. The van der Waals surface area contributed by atoms with E-state index in [9.17, 15) is 14.0 Å². The highest BCUT2D eigenvalue weighted by Crippen LogP contribution is 2.09. The van der Waals surface area contributed by atoms with Crippen LogP contribution in [0.4, 0.5) is 10.1 Å². The molecular weight excluding hydrogens is 387 g/mol. The lowest BCUT2D eigenvalue weighted by Crippen LogP contribution is -2.50. The Labute approximate surface area is 175 Å². The van der Waals surface area contributed by atoms with Crippen molar-refractivity contribution in [2.24, 2.45) is 0 Å². The Hall–Kier alpha value is -2.97. The van der Waals surface area contributed by atoms with Crippen LogP contribution >= 0.6 is 0 Å². The molecular formula is C22H27FN4O3. The van der Waals surface area contributed by atoms with Crippen molar-refractivity contribution < 1.29 is 18.7 Å². The average molecular weight is 414 g/mol. The molecule has 1 aliphatic heterocycles. The number of hydrogen-bond donors (Lipinski definition) is 2. The second-order valence-corrected chi connectivity index (χ2v) is 7.11. The fourth-order valence-corrected chi connectivity index (χ4v) is 3.16. The summed E-state index contributed by atoms with van der Waals surface area (Å²) in [5.41, 5.74) is 0.489. The number of amides is 2. The number of benzene rings is 2. The average Bonchev–Trinajstić information content (AvgIpc) is 2.76.